The highest BCUT2D eigenvalue weighted by molar-refractivity contribution is 6.22. The topological polar surface area (TPSA) is 50.9 Å². The van der Waals surface area contributed by atoms with Crippen LogP contribution in [0.3, 0.4) is 0 Å². The van der Waals surface area contributed by atoms with Crippen molar-refractivity contribution in [1.29, 1.82) is 0 Å². The fourth-order valence-electron chi connectivity index (χ4n) is 6.77. The fourth-order valence-corrected chi connectivity index (χ4v) is 6.77. The van der Waals surface area contributed by atoms with Gasteiger partial charge in [0, 0.05) is 34.0 Å². The van der Waals surface area contributed by atoms with E-state index in [0.717, 1.165) is 76.9 Å². The van der Waals surface area contributed by atoms with Crippen molar-refractivity contribution < 1.29 is 5.11 Å². The Morgan fingerprint density at radius 1 is 0.523 bits per heavy atom. The predicted octanol–water partition coefficient (Wildman–Crippen LogP) is 10.1. The molecule has 4 nitrogen and oxygen atoms in total. The van der Waals surface area contributed by atoms with Crippen LogP contribution in [-0.4, -0.2) is 19.6 Å². The van der Waals surface area contributed by atoms with E-state index in [9.17, 15) is 5.11 Å². The molecule has 0 radical (unpaired) electrons. The number of aromatic nitrogens is 3. The highest BCUT2D eigenvalue weighted by atomic mass is 16.3. The molecular weight excluding hydrogens is 538 g/mol. The summed E-state index contributed by atoms with van der Waals surface area (Å²) in [6.45, 7) is 0. The highest BCUT2D eigenvalue weighted by Gasteiger charge is 2.20. The zero-order valence-electron chi connectivity index (χ0n) is 23.6. The number of nitrogens with zero attached hydrogens (tertiary/aromatic N) is 3. The molecule has 0 saturated carbocycles. The number of para-hydroxylation sites is 3. The van der Waals surface area contributed by atoms with Gasteiger partial charge in [-0.3, -0.25) is 9.55 Å². The Balaban J connectivity index is 1.37. The summed E-state index contributed by atoms with van der Waals surface area (Å²) < 4.78 is 2.25. The molecule has 4 heteroatoms. The normalized spacial score (nSPS) is 11.7. The third-order valence-electron chi connectivity index (χ3n) is 8.74. The summed E-state index contributed by atoms with van der Waals surface area (Å²) in [6, 6.07) is 48.2. The Labute approximate surface area is 253 Å². The van der Waals surface area contributed by atoms with Gasteiger partial charge in [-0.05, 0) is 74.8 Å². The maximum absolute atomic E-state index is 11.6. The molecule has 0 atom stereocenters. The van der Waals surface area contributed by atoms with E-state index in [0.29, 0.717) is 5.52 Å². The van der Waals surface area contributed by atoms with E-state index in [1.54, 1.807) is 6.20 Å². The van der Waals surface area contributed by atoms with Crippen LogP contribution in [0.2, 0.25) is 0 Å². The van der Waals surface area contributed by atoms with Gasteiger partial charge in [-0.1, -0.05) is 97.1 Å². The van der Waals surface area contributed by atoms with Gasteiger partial charge in [-0.25, -0.2) is 4.98 Å². The number of phenols is 1. The third kappa shape index (κ3) is 3.58. The molecule has 7 aromatic carbocycles. The molecule has 0 aliphatic rings. The molecule has 0 fully saturated rings. The molecular formula is C40H25N3O. The van der Waals surface area contributed by atoms with Crippen molar-refractivity contribution in [3.8, 4) is 34.0 Å². The smallest absolute Gasteiger partial charge is 0.149 e. The summed E-state index contributed by atoms with van der Waals surface area (Å²) in [5.74, 6) is 1.10. The third-order valence-corrected chi connectivity index (χ3v) is 8.74. The van der Waals surface area contributed by atoms with Crippen molar-refractivity contribution in [2.45, 2.75) is 0 Å². The van der Waals surface area contributed by atoms with Gasteiger partial charge < -0.3 is 5.11 Å². The van der Waals surface area contributed by atoms with E-state index in [1.807, 2.05) is 36.4 Å². The number of hydrogen-bond acceptors (Lipinski definition) is 3. The molecule has 2 heterocycles. The molecule has 0 unspecified atom stereocenters. The summed E-state index contributed by atoms with van der Waals surface area (Å²) in [4.78, 5) is 9.68. The minimum Gasteiger partial charge on any atom is -0.505 e. The molecule has 0 aliphatic carbocycles. The van der Waals surface area contributed by atoms with Crippen LogP contribution in [-0.2, 0) is 0 Å². The summed E-state index contributed by atoms with van der Waals surface area (Å²) in [5, 5.41) is 19.1. The molecule has 0 aliphatic heterocycles. The lowest BCUT2D eigenvalue weighted by Gasteiger charge is -2.17. The second-order valence-corrected chi connectivity index (χ2v) is 11.2. The lowest BCUT2D eigenvalue weighted by Crippen LogP contribution is -1.98. The first-order valence-corrected chi connectivity index (χ1v) is 14.7. The van der Waals surface area contributed by atoms with Crippen LogP contribution in [0.1, 0.15) is 0 Å². The van der Waals surface area contributed by atoms with E-state index >= 15 is 0 Å². The van der Waals surface area contributed by atoms with Crippen LogP contribution in [0.15, 0.2) is 146 Å². The van der Waals surface area contributed by atoms with Gasteiger partial charge in [0.15, 0.2) is 0 Å². The second kappa shape index (κ2) is 9.51. The van der Waals surface area contributed by atoms with Crippen molar-refractivity contribution in [2.24, 2.45) is 0 Å². The molecule has 2 aromatic heterocycles. The van der Waals surface area contributed by atoms with Crippen LogP contribution in [0.25, 0.3) is 82.5 Å². The second-order valence-electron chi connectivity index (χ2n) is 11.2. The van der Waals surface area contributed by atoms with Crippen molar-refractivity contribution in [1.82, 2.24) is 14.5 Å². The number of imidazole rings is 1. The van der Waals surface area contributed by atoms with Crippen LogP contribution in [0, 0.1) is 0 Å². The van der Waals surface area contributed by atoms with Gasteiger partial charge in [0.1, 0.15) is 17.1 Å². The van der Waals surface area contributed by atoms with Crippen molar-refractivity contribution in [2.75, 3.05) is 0 Å². The first kappa shape index (κ1) is 24.6. The minimum absolute atomic E-state index is 0.200. The quantitative estimate of drug-likeness (QED) is 0.172. The molecule has 9 aromatic rings. The van der Waals surface area contributed by atoms with Crippen LogP contribution < -0.4 is 0 Å². The van der Waals surface area contributed by atoms with E-state index < -0.39 is 0 Å². The van der Waals surface area contributed by atoms with E-state index in [2.05, 4.69) is 113 Å². The monoisotopic (exact) mass is 563 g/mol. The van der Waals surface area contributed by atoms with Gasteiger partial charge >= 0.3 is 0 Å². The predicted molar refractivity (Wildman–Crippen MR) is 181 cm³/mol. The van der Waals surface area contributed by atoms with Gasteiger partial charge in [0.25, 0.3) is 0 Å². The summed E-state index contributed by atoms with van der Waals surface area (Å²) >= 11 is 0. The van der Waals surface area contributed by atoms with Crippen LogP contribution in [0.5, 0.6) is 5.75 Å². The lowest BCUT2D eigenvalue weighted by atomic mass is 9.88. The Morgan fingerprint density at radius 3 is 2.23 bits per heavy atom. The summed E-state index contributed by atoms with van der Waals surface area (Å²) in [6.07, 6.45) is 1.73. The number of rotatable bonds is 3. The Bertz CT molecular complexity index is 2570. The maximum Gasteiger partial charge on any atom is 0.149 e. The largest absolute Gasteiger partial charge is 0.505 e. The zero-order chi connectivity index (χ0) is 29.2. The Hall–Kier alpha value is -6.00. The Kier molecular flexibility index (Phi) is 5.32. The standard InChI is InChI=1S/C40H25N3O/c44-39-33(20-19-25-11-9-23-41-38(25)39)37-28-14-5-4-10-26(28)24-34-29-15-8-16-32(30(29)21-22-31(34)37)40-42-35-17-6-7-18-36(35)43(40)27-12-2-1-3-13-27/h1-24,44H. The molecule has 0 spiro atoms. The summed E-state index contributed by atoms with van der Waals surface area (Å²) in [7, 11) is 0. The zero-order valence-corrected chi connectivity index (χ0v) is 23.6. The minimum atomic E-state index is 0.200. The molecule has 1 N–H and O–H groups in total. The number of fused-ring (bicyclic) bond motifs is 6. The average molecular weight is 564 g/mol. The molecule has 0 saturated heterocycles. The van der Waals surface area contributed by atoms with Gasteiger partial charge in [-0.2, -0.15) is 0 Å². The highest BCUT2D eigenvalue weighted by Crippen LogP contribution is 2.45. The van der Waals surface area contributed by atoms with Crippen molar-refractivity contribution >= 4 is 54.3 Å². The molecule has 0 amide bonds. The maximum atomic E-state index is 11.6. The van der Waals surface area contributed by atoms with Crippen LogP contribution >= 0.6 is 0 Å². The number of phenolic OH excluding ortho intramolecular Hbond substituents is 1. The average Bonchev–Trinajstić information content (AvgIpc) is 3.47. The number of aromatic hydroxyl groups is 1. The molecule has 9 rings (SSSR count). The van der Waals surface area contributed by atoms with Gasteiger partial charge in [-0.15, -0.1) is 0 Å². The fraction of sp³-hybridized carbons (Fsp3) is 0. The van der Waals surface area contributed by atoms with Crippen molar-refractivity contribution in [3.05, 3.63) is 146 Å². The molecule has 206 valence electrons. The molecule has 0 bridgehead atoms. The van der Waals surface area contributed by atoms with Gasteiger partial charge in [0.05, 0.1) is 11.0 Å². The molecule has 44 heavy (non-hydrogen) atoms. The van der Waals surface area contributed by atoms with Crippen molar-refractivity contribution in [3.63, 3.8) is 0 Å². The summed E-state index contributed by atoms with van der Waals surface area (Å²) in [5.41, 5.74) is 6.55. The number of pyridine rings is 1. The van der Waals surface area contributed by atoms with E-state index in [-0.39, 0.29) is 5.75 Å². The number of benzene rings is 7. The number of hydrogen-bond donors (Lipinski definition) is 1. The SMILES string of the molecule is Oc1c(-c2c3ccccc3cc3c2ccc2c(-c4nc5ccccc5n4-c4ccccc4)cccc23)ccc2cccnc12. The lowest BCUT2D eigenvalue weighted by molar-refractivity contribution is 0.482. The van der Waals surface area contributed by atoms with Crippen LogP contribution in [0.4, 0.5) is 0 Å². The van der Waals surface area contributed by atoms with Gasteiger partial charge in [0.2, 0.25) is 0 Å². The first-order valence-electron chi connectivity index (χ1n) is 14.7. The first-order chi connectivity index (χ1) is 21.8. The van der Waals surface area contributed by atoms with E-state index in [1.165, 1.54) is 0 Å². The van der Waals surface area contributed by atoms with E-state index in [4.69, 9.17) is 4.98 Å². The Morgan fingerprint density at radius 2 is 1.30 bits per heavy atom.